The van der Waals surface area contributed by atoms with Gasteiger partial charge in [0.25, 0.3) is 5.69 Å². The Balaban J connectivity index is 1.71. The summed E-state index contributed by atoms with van der Waals surface area (Å²) in [7, 11) is 0. The second-order valence-corrected chi connectivity index (χ2v) is 5.35. The van der Waals surface area contributed by atoms with Gasteiger partial charge in [0.15, 0.2) is 6.79 Å². The fourth-order valence-electron chi connectivity index (χ4n) is 2.38. The minimum absolute atomic E-state index is 0.0451. The van der Waals surface area contributed by atoms with E-state index in [1.54, 1.807) is 19.1 Å². The Hall–Kier alpha value is -3.13. The molecule has 1 aromatic carbocycles. The van der Waals surface area contributed by atoms with Crippen molar-refractivity contribution >= 4 is 17.7 Å². The second kappa shape index (κ2) is 7.18. The monoisotopic (exact) mass is 345 g/mol. The molecular formula is C17H15NO7. The third kappa shape index (κ3) is 4.04. The first-order chi connectivity index (χ1) is 12.0. The molecule has 0 saturated heterocycles. The molecule has 1 aromatic heterocycles. The number of non-ortho nitro benzene ring substituents is 1. The molecule has 0 spiro atoms. The van der Waals surface area contributed by atoms with Crippen molar-refractivity contribution in [1.82, 2.24) is 0 Å². The molecule has 25 heavy (non-hydrogen) atoms. The quantitative estimate of drug-likeness (QED) is 0.355. The van der Waals surface area contributed by atoms with Crippen LogP contribution in [-0.2, 0) is 27.5 Å². The highest BCUT2D eigenvalue weighted by molar-refractivity contribution is 5.86. The van der Waals surface area contributed by atoms with Crippen LogP contribution in [0.3, 0.4) is 0 Å². The number of fused-ring (bicyclic) bond motifs is 1. The molecule has 0 radical (unpaired) electrons. The first-order valence-electron chi connectivity index (χ1n) is 7.45. The summed E-state index contributed by atoms with van der Waals surface area (Å²) in [6.07, 6.45) is 2.72. The summed E-state index contributed by atoms with van der Waals surface area (Å²) < 4.78 is 21.0. The molecule has 3 rings (SSSR count). The fourth-order valence-corrected chi connectivity index (χ4v) is 2.38. The van der Waals surface area contributed by atoms with Crippen molar-refractivity contribution in [2.24, 2.45) is 0 Å². The number of hydrogen-bond donors (Lipinski definition) is 0. The van der Waals surface area contributed by atoms with E-state index >= 15 is 0 Å². The lowest BCUT2D eigenvalue weighted by molar-refractivity contribution is -0.385. The summed E-state index contributed by atoms with van der Waals surface area (Å²) in [5.74, 6) is 1.12. The normalized spacial score (nSPS) is 13.3. The van der Waals surface area contributed by atoms with Crippen molar-refractivity contribution in [3.63, 3.8) is 0 Å². The highest BCUT2D eigenvalue weighted by Crippen LogP contribution is 2.33. The van der Waals surface area contributed by atoms with Crippen LogP contribution >= 0.6 is 0 Å². The van der Waals surface area contributed by atoms with Crippen LogP contribution in [0.5, 0.6) is 5.75 Å². The molecule has 2 aromatic rings. The lowest BCUT2D eigenvalue weighted by Gasteiger charge is -2.20. The molecule has 0 aliphatic carbocycles. The molecule has 1 aliphatic heterocycles. The molecule has 0 fully saturated rings. The second-order valence-electron chi connectivity index (χ2n) is 5.35. The van der Waals surface area contributed by atoms with Crippen molar-refractivity contribution in [1.29, 1.82) is 0 Å². The van der Waals surface area contributed by atoms with Crippen LogP contribution < -0.4 is 4.74 Å². The topological polar surface area (TPSA) is 101 Å². The number of rotatable bonds is 5. The molecule has 0 saturated carbocycles. The maximum absolute atomic E-state index is 11.8. The van der Waals surface area contributed by atoms with E-state index in [2.05, 4.69) is 0 Å². The maximum Gasteiger partial charge on any atom is 0.331 e. The Morgan fingerprint density at radius 1 is 1.40 bits per heavy atom. The number of ether oxygens (including phenoxy) is 3. The number of hydrogen-bond acceptors (Lipinski definition) is 7. The zero-order chi connectivity index (χ0) is 17.8. The van der Waals surface area contributed by atoms with Gasteiger partial charge >= 0.3 is 5.97 Å². The molecule has 0 N–H and O–H groups in total. The minimum atomic E-state index is -0.596. The summed E-state index contributed by atoms with van der Waals surface area (Å²) in [6, 6.07) is 6.22. The Kier molecular flexibility index (Phi) is 4.80. The highest BCUT2D eigenvalue weighted by atomic mass is 16.7. The summed E-state index contributed by atoms with van der Waals surface area (Å²) in [4.78, 5) is 22.4. The number of esters is 1. The van der Waals surface area contributed by atoms with Gasteiger partial charge in [0.2, 0.25) is 0 Å². The first-order valence-corrected chi connectivity index (χ1v) is 7.45. The van der Waals surface area contributed by atoms with E-state index in [-0.39, 0.29) is 25.7 Å². The van der Waals surface area contributed by atoms with E-state index in [0.29, 0.717) is 22.6 Å². The van der Waals surface area contributed by atoms with Gasteiger partial charge in [-0.05, 0) is 25.1 Å². The number of nitro benzene ring substituents is 1. The van der Waals surface area contributed by atoms with Crippen LogP contribution in [0.25, 0.3) is 6.08 Å². The lowest BCUT2D eigenvalue weighted by Crippen LogP contribution is -2.14. The largest absolute Gasteiger partial charge is 0.467 e. The predicted octanol–water partition coefficient (Wildman–Crippen LogP) is 3.12. The summed E-state index contributed by atoms with van der Waals surface area (Å²) in [5.41, 5.74) is 0.858. The van der Waals surface area contributed by atoms with E-state index in [1.807, 2.05) is 0 Å². The third-order valence-corrected chi connectivity index (χ3v) is 3.50. The standard InChI is InChI=1S/C17H15NO7/c1-11-2-3-15(25-11)4-5-16(19)23-9-13-7-14(18(20)21)6-12-8-22-10-24-17(12)13/h2-7H,8-10H2,1H3/b5-4+. The number of carbonyl (C=O) groups excluding carboxylic acids is 1. The number of aryl methyl sites for hydroxylation is 1. The van der Waals surface area contributed by atoms with Gasteiger partial charge in [-0.2, -0.15) is 0 Å². The number of carbonyl (C=O) groups is 1. The average Bonchev–Trinajstić information content (AvgIpc) is 3.03. The lowest BCUT2D eigenvalue weighted by atomic mass is 10.1. The van der Waals surface area contributed by atoms with Crippen molar-refractivity contribution in [3.05, 3.63) is 63.1 Å². The van der Waals surface area contributed by atoms with Gasteiger partial charge in [-0.1, -0.05) is 0 Å². The number of nitro groups is 1. The zero-order valence-electron chi connectivity index (χ0n) is 13.4. The van der Waals surface area contributed by atoms with Crippen molar-refractivity contribution in [3.8, 4) is 5.75 Å². The summed E-state index contributed by atoms with van der Waals surface area (Å²) in [6.45, 7) is 1.90. The number of furan rings is 1. The number of nitrogens with zero attached hydrogens (tertiary/aromatic N) is 1. The minimum Gasteiger partial charge on any atom is -0.467 e. The fraction of sp³-hybridized carbons (Fsp3) is 0.235. The van der Waals surface area contributed by atoms with Gasteiger partial charge in [-0.25, -0.2) is 4.79 Å². The highest BCUT2D eigenvalue weighted by Gasteiger charge is 2.21. The van der Waals surface area contributed by atoms with E-state index in [0.717, 1.165) is 5.76 Å². The van der Waals surface area contributed by atoms with Crippen LogP contribution in [-0.4, -0.2) is 17.7 Å². The molecule has 8 nitrogen and oxygen atoms in total. The number of benzene rings is 1. The molecule has 0 atom stereocenters. The summed E-state index contributed by atoms with van der Waals surface area (Å²) >= 11 is 0. The van der Waals surface area contributed by atoms with Crippen molar-refractivity contribution in [2.75, 3.05) is 6.79 Å². The Morgan fingerprint density at radius 2 is 2.24 bits per heavy atom. The van der Waals surface area contributed by atoms with Crippen molar-refractivity contribution < 1.29 is 28.3 Å². The van der Waals surface area contributed by atoms with E-state index in [4.69, 9.17) is 18.6 Å². The van der Waals surface area contributed by atoms with E-state index in [9.17, 15) is 14.9 Å². The van der Waals surface area contributed by atoms with Crippen LogP contribution in [0.4, 0.5) is 5.69 Å². The van der Waals surface area contributed by atoms with Crippen LogP contribution in [0, 0.1) is 17.0 Å². The smallest absolute Gasteiger partial charge is 0.331 e. The van der Waals surface area contributed by atoms with Gasteiger partial charge in [-0.3, -0.25) is 10.1 Å². The van der Waals surface area contributed by atoms with Crippen molar-refractivity contribution in [2.45, 2.75) is 20.1 Å². The molecule has 1 aliphatic rings. The average molecular weight is 345 g/mol. The van der Waals surface area contributed by atoms with Gasteiger partial charge in [0.1, 0.15) is 23.9 Å². The Morgan fingerprint density at radius 3 is 2.96 bits per heavy atom. The molecular weight excluding hydrogens is 330 g/mol. The van der Waals surface area contributed by atoms with Gasteiger partial charge < -0.3 is 18.6 Å². The van der Waals surface area contributed by atoms with E-state index < -0.39 is 10.9 Å². The molecule has 130 valence electrons. The molecule has 0 amide bonds. The predicted molar refractivity (Wildman–Crippen MR) is 85.7 cm³/mol. The molecule has 0 unspecified atom stereocenters. The third-order valence-electron chi connectivity index (χ3n) is 3.50. The molecule has 2 heterocycles. The Labute approximate surface area is 142 Å². The van der Waals surface area contributed by atoms with Gasteiger partial charge in [0.05, 0.1) is 11.5 Å². The van der Waals surface area contributed by atoms with Crippen LogP contribution in [0.2, 0.25) is 0 Å². The maximum atomic E-state index is 11.8. The van der Waals surface area contributed by atoms with Crippen LogP contribution in [0.1, 0.15) is 22.6 Å². The van der Waals surface area contributed by atoms with Gasteiger partial charge in [0, 0.05) is 29.3 Å². The SMILES string of the molecule is Cc1ccc(/C=C/C(=O)OCc2cc([N+](=O)[O-])cc3c2OCOC3)o1. The molecule has 8 heteroatoms. The molecule has 0 bridgehead atoms. The zero-order valence-corrected chi connectivity index (χ0v) is 13.4. The van der Waals surface area contributed by atoms with Gasteiger partial charge in [-0.15, -0.1) is 0 Å². The first kappa shape index (κ1) is 16.7. The van der Waals surface area contributed by atoms with E-state index in [1.165, 1.54) is 24.3 Å². The van der Waals surface area contributed by atoms with Crippen LogP contribution in [0.15, 0.2) is 34.8 Å². The summed E-state index contributed by atoms with van der Waals surface area (Å²) in [5, 5.41) is 11.0. The Bertz CT molecular complexity index is 838.